The topological polar surface area (TPSA) is 36.4 Å². The van der Waals surface area contributed by atoms with Gasteiger partial charge in [-0.2, -0.15) is 0 Å². The molecule has 0 amide bonds. The summed E-state index contributed by atoms with van der Waals surface area (Å²) < 4.78 is 0. The van der Waals surface area contributed by atoms with Gasteiger partial charge in [0.05, 0.1) is 23.7 Å². The molecule has 1 aliphatic carbocycles. The maximum absolute atomic E-state index is 9.44. The van der Waals surface area contributed by atoms with Gasteiger partial charge >= 0.3 is 0 Å². The van der Waals surface area contributed by atoms with Crippen LogP contribution in [0.15, 0.2) is 18.3 Å². The molecule has 1 fully saturated rings. The first-order valence-corrected chi connectivity index (χ1v) is 6.59. The molecule has 1 aromatic heterocycles. The fraction of sp³-hybridized carbons (Fsp3) is 0.643. The van der Waals surface area contributed by atoms with Crippen LogP contribution >= 0.6 is 0 Å². The lowest BCUT2D eigenvalue weighted by atomic mass is 10.2. The molecule has 0 bridgehead atoms. The molecule has 1 aromatic rings. The van der Waals surface area contributed by atoms with Crippen LogP contribution in [-0.2, 0) is 0 Å². The Kier molecular flexibility index (Phi) is 4.00. The van der Waals surface area contributed by atoms with Crippen LogP contribution in [0.2, 0.25) is 0 Å². The zero-order valence-corrected chi connectivity index (χ0v) is 10.8. The molecule has 1 heterocycles. The van der Waals surface area contributed by atoms with Crippen LogP contribution in [-0.4, -0.2) is 23.2 Å². The number of aromatic nitrogens is 1. The number of anilines is 1. The summed E-state index contributed by atoms with van der Waals surface area (Å²) in [6.45, 7) is 6.20. The molecule has 0 radical (unpaired) electrons. The molecule has 17 heavy (non-hydrogen) atoms. The summed E-state index contributed by atoms with van der Waals surface area (Å²) in [5.74, 6) is 0.887. The van der Waals surface area contributed by atoms with Crippen LogP contribution in [0.5, 0.6) is 0 Å². The first kappa shape index (κ1) is 12.4. The van der Waals surface area contributed by atoms with E-state index in [4.69, 9.17) is 0 Å². The lowest BCUT2D eigenvalue weighted by molar-refractivity contribution is 0.194. The number of nitrogens with zero attached hydrogens (tertiary/aromatic N) is 2. The van der Waals surface area contributed by atoms with E-state index >= 15 is 0 Å². The molecule has 1 saturated carbocycles. The molecule has 2 rings (SSSR count). The fourth-order valence-electron chi connectivity index (χ4n) is 2.04. The SMILES string of the molecule is CCCN(CC1CC1)c1ccc([C@@H](C)O)nc1. The summed E-state index contributed by atoms with van der Waals surface area (Å²) in [5, 5.41) is 9.44. The first-order chi connectivity index (χ1) is 8.20. The Hall–Kier alpha value is -1.09. The molecule has 0 aliphatic heterocycles. The Bertz CT molecular complexity index is 344. The van der Waals surface area contributed by atoms with Crippen LogP contribution in [0.25, 0.3) is 0 Å². The van der Waals surface area contributed by atoms with E-state index in [1.54, 1.807) is 6.92 Å². The van der Waals surface area contributed by atoms with Gasteiger partial charge in [-0.05, 0) is 44.2 Å². The van der Waals surface area contributed by atoms with Gasteiger partial charge in [0.15, 0.2) is 0 Å². The van der Waals surface area contributed by atoms with Gasteiger partial charge in [-0.25, -0.2) is 0 Å². The van der Waals surface area contributed by atoms with E-state index in [0.29, 0.717) is 0 Å². The molecule has 0 aromatic carbocycles. The van der Waals surface area contributed by atoms with E-state index in [1.807, 2.05) is 12.3 Å². The number of pyridine rings is 1. The number of aliphatic hydroxyl groups is 1. The molecular weight excluding hydrogens is 212 g/mol. The zero-order valence-electron chi connectivity index (χ0n) is 10.8. The number of rotatable bonds is 6. The van der Waals surface area contributed by atoms with E-state index < -0.39 is 6.10 Å². The zero-order chi connectivity index (χ0) is 12.3. The van der Waals surface area contributed by atoms with E-state index in [-0.39, 0.29) is 0 Å². The van der Waals surface area contributed by atoms with E-state index in [9.17, 15) is 5.11 Å². The first-order valence-electron chi connectivity index (χ1n) is 6.59. The summed E-state index contributed by atoms with van der Waals surface area (Å²) >= 11 is 0. The Morgan fingerprint density at radius 3 is 2.71 bits per heavy atom. The van der Waals surface area contributed by atoms with Gasteiger partial charge in [0, 0.05) is 13.1 Å². The summed E-state index contributed by atoms with van der Waals surface area (Å²) in [6, 6.07) is 4.00. The van der Waals surface area contributed by atoms with Crippen LogP contribution < -0.4 is 4.90 Å². The van der Waals surface area contributed by atoms with Crippen LogP contribution in [0.4, 0.5) is 5.69 Å². The average Bonchev–Trinajstić information content (AvgIpc) is 3.13. The normalized spacial score (nSPS) is 16.9. The van der Waals surface area contributed by atoms with Crippen molar-refractivity contribution < 1.29 is 5.11 Å². The van der Waals surface area contributed by atoms with Gasteiger partial charge in [0.2, 0.25) is 0 Å². The third-order valence-electron chi connectivity index (χ3n) is 3.23. The highest BCUT2D eigenvalue weighted by molar-refractivity contribution is 5.45. The summed E-state index contributed by atoms with van der Waals surface area (Å²) in [4.78, 5) is 6.73. The molecule has 0 spiro atoms. The van der Waals surface area contributed by atoms with Crippen molar-refractivity contribution in [2.45, 2.75) is 39.2 Å². The van der Waals surface area contributed by atoms with Crippen LogP contribution in [0.1, 0.15) is 44.9 Å². The Morgan fingerprint density at radius 1 is 1.47 bits per heavy atom. The fourth-order valence-corrected chi connectivity index (χ4v) is 2.04. The molecule has 1 atom stereocenters. The third kappa shape index (κ3) is 3.43. The maximum atomic E-state index is 9.44. The summed E-state index contributed by atoms with van der Waals surface area (Å²) in [5.41, 5.74) is 1.93. The smallest absolute Gasteiger partial charge is 0.0931 e. The van der Waals surface area contributed by atoms with Crippen molar-refractivity contribution in [3.63, 3.8) is 0 Å². The number of hydrogen-bond acceptors (Lipinski definition) is 3. The minimum absolute atomic E-state index is 0.480. The Morgan fingerprint density at radius 2 is 2.24 bits per heavy atom. The standard InChI is InChI=1S/C14H22N2O/c1-3-8-16(10-12-4-5-12)13-6-7-14(11(2)17)15-9-13/h6-7,9,11-12,17H,3-5,8,10H2,1-2H3/t11-/m1/s1. The highest BCUT2D eigenvalue weighted by Gasteiger charge is 2.24. The van der Waals surface area contributed by atoms with Crippen molar-refractivity contribution in [3.05, 3.63) is 24.0 Å². The Labute approximate surface area is 103 Å². The third-order valence-corrected chi connectivity index (χ3v) is 3.23. The van der Waals surface area contributed by atoms with Gasteiger partial charge < -0.3 is 10.0 Å². The van der Waals surface area contributed by atoms with Gasteiger partial charge in [-0.3, -0.25) is 4.98 Å². The lowest BCUT2D eigenvalue weighted by Gasteiger charge is -2.24. The van der Waals surface area contributed by atoms with Crippen molar-refractivity contribution in [1.29, 1.82) is 0 Å². The van der Waals surface area contributed by atoms with Crippen molar-refractivity contribution in [2.24, 2.45) is 5.92 Å². The van der Waals surface area contributed by atoms with Crippen molar-refractivity contribution in [1.82, 2.24) is 4.98 Å². The molecule has 3 heteroatoms. The molecule has 94 valence electrons. The van der Waals surface area contributed by atoms with Gasteiger partial charge in [-0.1, -0.05) is 6.92 Å². The summed E-state index contributed by atoms with van der Waals surface area (Å²) in [6.07, 6.45) is 5.32. The number of aliphatic hydroxyl groups excluding tert-OH is 1. The van der Waals surface area contributed by atoms with Crippen LogP contribution in [0, 0.1) is 5.92 Å². The van der Waals surface area contributed by atoms with Gasteiger partial charge in [0.25, 0.3) is 0 Å². The minimum atomic E-state index is -0.480. The second kappa shape index (κ2) is 5.50. The largest absolute Gasteiger partial charge is 0.387 e. The van der Waals surface area contributed by atoms with E-state index in [2.05, 4.69) is 22.9 Å². The molecule has 1 N–H and O–H groups in total. The number of hydrogen-bond donors (Lipinski definition) is 1. The molecule has 3 nitrogen and oxygen atoms in total. The predicted molar refractivity (Wildman–Crippen MR) is 70.1 cm³/mol. The Balaban J connectivity index is 2.05. The maximum Gasteiger partial charge on any atom is 0.0931 e. The van der Waals surface area contributed by atoms with Crippen molar-refractivity contribution >= 4 is 5.69 Å². The van der Waals surface area contributed by atoms with Crippen molar-refractivity contribution in [3.8, 4) is 0 Å². The average molecular weight is 234 g/mol. The molecular formula is C14H22N2O. The van der Waals surface area contributed by atoms with Gasteiger partial charge in [0.1, 0.15) is 0 Å². The van der Waals surface area contributed by atoms with Gasteiger partial charge in [-0.15, -0.1) is 0 Å². The highest BCUT2D eigenvalue weighted by atomic mass is 16.3. The lowest BCUT2D eigenvalue weighted by Crippen LogP contribution is -2.26. The quantitative estimate of drug-likeness (QED) is 0.822. The van der Waals surface area contributed by atoms with Crippen LogP contribution in [0.3, 0.4) is 0 Å². The molecule has 0 unspecified atom stereocenters. The van der Waals surface area contributed by atoms with E-state index in [1.165, 1.54) is 18.5 Å². The molecule has 1 aliphatic rings. The van der Waals surface area contributed by atoms with Crippen molar-refractivity contribution in [2.75, 3.05) is 18.0 Å². The minimum Gasteiger partial charge on any atom is -0.387 e. The second-order valence-electron chi connectivity index (χ2n) is 5.01. The predicted octanol–water partition coefficient (Wildman–Crippen LogP) is 2.76. The monoisotopic (exact) mass is 234 g/mol. The highest BCUT2D eigenvalue weighted by Crippen LogP contribution is 2.31. The second-order valence-corrected chi connectivity index (χ2v) is 5.01. The molecule has 0 saturated heterocycles. The summed E-state index contributed by atoms with van der Waals surface area (Å²) in [7, 11) is 0. The van der Waals surface area contributed by atoms with E-state index in [0.717, 1.165) is 31.1 Å².